The minimum atomic E-state index is -0.584. The number of hydrogen-bond donors (Lipinski definition) is 0. The van der Waals surface area contributed by atoms with Crippen molar-refractivity contribution in [1.82, 2.24) is 9.88 Å². The second kappa shape index (κ2) is 8.24. The maximum Gasteiger partial charge on any atom is 0.344 e. The van der Waals surface area contributed by atoms with Crippen LogP contribution in [0.5, 0.6) is 0 Å². The minimum Gasteiger partial charge on any atom is -0.457 e. The van der Waals surface area contributed by atoms with Crippen molar-refractivity contribution in [1.29, 1.82) is 0 Å². The predicted molar refractivity (Wildman–Crippen MR) is 89.1 cm³/mol. The fourth-order valence-electron chi connectivity index (χ4n) is 2.74. The third-order valence-corrected chi connectivity index (χ3v) is 3.73. The first-order valence-corrected chi connectivity index (χ1v) is 8.37. The Morgan fingerprint density at radius 1 is 1.29 bits per heavy atom. The fraction of sp³-hybridized carbons (Fsp3) is 0.611. The van der Waals surface area contributed by atoms with E-state index in [4.69, 9.17) is 9.47 Å². The molecule has 1 aromatic heterocycles. The van der Waals surface area contributed by atoms with Crippen LogP contribution < -0.4 is 0 Å². The Balaban J connectivity index is 1.89. The largest absolute Gasteiger partial charge is 0.457 e. The minimum absolute atomic E-state index is 0.330. The van der Waals surface area contributed by atoms with Crippen molar-refractivity contribution < 1.29 is 19.1 Å². The quantitative estimate of drug-likeness (QED) is 0.770. The first-order chi connectivity index (χ1) is 11.3. The van der Waals surface area contributed by atoms with E-state index in [0.29, 0.717) is 6.54 Å². The van der Waals surface area contributed by atoms with Crippen LogP contribution >= 0.6 is 0 Å². The molecule has 0 aromatic carbocycles. The molecule has 0 unspecified atom stereocenters. The molecule has 1 aliphatic rings. The molecule has 1 fully saturated rings. The maximum atomic E-state index is 12.4. The van der Waals surface area contributed by atoms with Crippen LogP contribution in [0.3, 0.4) is 0 Å². The molecule has 132 valence electrons. The third-order valence-electron chi connectivity index (χ3n) is 3.73. The zero-order chi connectivity index (χ0) is 17.6. The molecule has 0 amide bonds. The molecule has 0 spiro atoms. The number of likely N-dealkylation sites (tertiary alicyclic amines) is 1. The Hall–Kier alpha value is -1.95. The molecule has 2 rings (SSSR count). The molecule has 0 saturated carbocycles. The summed E-state index contributed by atoms with van der Waals surface area (Å²) in [5.41, 5.74) is 0.337. The van der Waals surface area contributed by atoms with E-state index >= 15 is 0 Å². The maximum absolute atomic E-state index is 12.4. The smallest absolute Gasteiger partial charge is 0.344 e. The van der Waals surface area contributed by atoms with Crippen molar-refractivity contribution in [3.8, 4) is 0 Å². The highest BCUT2D eigenvalue weighted by Crippen LogP contribution is 2.20. The van der Waals surface area contributed by atoms with Gasteiger partial charge < -0.3 is 9.47 Å². The fourth-order valence-corrected chi connectivity index (χ4v) is 2.74. The topological polar surface area (TPSA) is 68.7 Å². The Bertz CT molecular complexity index is 554. The highest BCUT2D eigenvalue weighted by Gasteiger charge is 2.31. The van der Waals surface area contributed by atoms with Gasteiger partial charge in [-0.1, -0.05) is 12.5 Å². The van der Waals surface area contributed by atoms with Gasteiger partial charge in [0, 0.05) is 12.7 Å². The lowest BCUT2D eigenvalue weighted by molar-refractivity contribution is -0.169. The molecule has 0 bridgehead atoms. The molecule has 1 atom stereocenters. The molecule has 24 heavy (non-hydrogen) atoms. The summed E-state index contributed by atoms with van der Waals surface area (Å²) < 4.78 is 10.3. The second-order valence-corrected chi connectivity index (χ2v) is 7.00. The first-order valence-electron chi connectivity index (χ1n) is 8.37. The van der Waals surface area contributed by atoms with Crippen LogP contribution in [0.25, 0.3) is 0 Å². The number of nitrogens with zero attached hydrogens (tertiary/aromatic N) is 2. The van der Waals surface area contributed by atoms with Gasteiger partial charge in [-0.2, -0.15) is 0 Å². The van der Waals surface area contributed by atoms with Crippen LogP contribution in [0, 0.1) is 0 Å². The van der Waals surface area contributed by atoms with Gasteiger partial charge in [0.05, 0.1) is 5.69 Å². The van der Waals surface area contributed by atoms with Gasteiger partial charge in [-0.05, 0) is 52.3 Å². The van der Waals surface area contributed by atoms with Crippen LogP contribution in [-0.4, -0.2) is 46.6 Å². The molecule has 2 heterocycles. The summed E-state index contributed by atoms with van der Waals surface area (Å²) in [6, 6.07) is 5.41. The SMILES string of the molecule is CC(C)(C)OC(=O)COC(=O)[C@@H]1CCCCN1Cc1ccccn1. The van der Waals surface area contributed by atoms with Crippen molar-refractivity contribution in [3.05, 3.63) is 30.1 Å². The van der Waals surface area contributed by atoms with E-state index in [-0.39, 0.29) is 18.6 Å². The number of hydrogen-bond acceptors (Lipinski definition) is 6. The molecule has 1 saturated heterocycles. The molecular formula is C18H26N2O4. The van der Waals surface area contributed by atoms with Gasteiger partial charge in [-0.3, -0.25) is 14.7 Å². The number of rotatable bonds is 5. The number of piperidine rings is 1. The number of pyridine rings is 1. The van der Waals surface area contributed by atoms with Gasteiger partial charge in [0.1, 0.15) is 11.6 Å². The van der Waals surface area contributed by atoms with Crippen LogP contribution in [0.4, 0.5) is 0 Å². The summed E-state index contributed by atoms with van der Waals surface area (Å²) in [6.07, 6.45) is 4.50. The summed E-state index contributed by atoms with van der Waals surface area (Å²) in [5.74, 6) is -0.889. The number of carbonyl (C=O) groups excluding carboxylic acids is 2. The van der Waals surface area contributed by atoms with Crippen molar-refractivity contribution in [3.63, 3.8) is 0 Å². The summed E-state index contributed by atoms with van der Waals surface area (Å²) >= 11 is 0. The lowest BCUT2D eigenvalue weighted by Crippen LogP contribution is -2.45. The van der Waals surface area contributed by atoms with E-state index in [0.717, 1.165) is 31.5 Å². The van der Waals surface area contributed by atoms with E-state index in [2.05, 4.69) is 9.88 Å². The van der Waals surface area contributed by atoms with Crippen molar-refractivity contribution in [2.75, 3.05) is 13.2 Å². The van der Waals surface area contributed by atoms with Gasteiger partial charge >= 0.3 is 11.9 Å². The Morgan fingerprint density at radius 2 is 2.08 bits per heavy atom. The molecule has 1 aromatic rings. The number of esters is 2. The normalized spacial score (nSPS) is 18.9. The van der Waals surface area contributed by atoms with E-state index in [1.54, 1.807) is 27.0 Å². The van der Waals surface area contributed by atoms with Gasteiger partial charge in [0.2, 0.25) is 0 Å². The van der Waals surface area contributed by atoms with Crippen LogP contribution in [0.15, 0.2) is 24.4 Å². The van der Waals surface area contributed by atoms with E-state index in [9.17, 15) is 9.59 Å². The monoisotopic (exact) mass is 334 g/mol. The van der Waals surface area contributed by atoms with Crippen LogP contribution in [0.2, 0.25) is 0 Å². The standard InChI is InChI=1S/C18H26N2O4/c1-18(2,3)24-16(21)13-23-17(22)15-9-5-7-11-20(15)12-14-8-4-6-10-19-14/h4,6,8,10,15H,5,7,9,11-13H2,1-3H3/t15-/m0/s1. The molecule has 6 heteroatoms. The summed E-state index contributed by atoms with van der Waals surface area (Å²) in [4.78, 5) is 30.5. The lowest BCUT2D eigenvalue weighted by Gasteiger charge is -2.33. The van der Waals surface area contributed by atoms with Crippen molar-refractivity contribution in [2.45, 2.75) is 58.2 Å². The second-order valence-electron chi connectivity index (χ2n) is 7.00. The van der Waals surface area contributed by atoms with E-state index in [1.807, 2.05) is 18.2 Å². The van der Waals surface area contributed by atoms with Gasteiger partial charge in [-0.25, -0.2) is 4.79 Å². The van der Waals surface area contributed by atoms with Crippen molar-refractivity contribution in [2.24, 2.45) is 0 Å². The third kappa shape index (κ3) is 5.92. The number of carbonyl (C=O) groups is 2. The van der Waals surface area contributed by atoms with E-state index in [1.165, 1.54) is 0 Å². The van der Waals surface area contributed by atoms with Gasteiger partial charge in [0.15, 0.2) is 6.61 Å². The van der Waals surface area contributed by atoms with Gasteiger partial charge in [0.25, 0.3) is 0 Å². The highest BCUT2D eigenvalue weighted by atomic mass is 16.6. The Morgan fingerprint density at radius 3 is 2.75 bits per heavy atom. The summed E-state index contributed by atoms with van der Waals surface area (Å²) in [5, 5.41) is 0. The summed E-state index contributed by atoms with van der Waals surface area (Å²) in [6.45, 7) is 6.42. The Labute approximate surface area is 143 Å². The highest BCUT2D eigenvalue weighted by molar-refractivity contribution is 5.80. The predicted octanol–water partition coefficient (Wildman–Crippen LogP) is 2.32. The lowest BCUT2D eigenvalue weighted by atomic mass is 10.0. The van der Waals surface area contributed by atoms with Crippen molar-refractivity contribution >= 4 is 11.9 Å². The summed E-state index contributed by atoms with van der Waals surface area (Å²) in [7, 11) is 0. The number of aromatic nitrogens is 1. The average Bonchev–Trinajstić information content (AvgIpc) is 2.52. The molecule has 1 aliphatic heterocycles. The molecule has 0 radical (unpaired) electrons. The molecule has 0 N–H and O–H groups in total. The van der Waals surface area contributed by atoms with E-state index < -0.39 is 11.6 Å². The first kappa shape index (κ1) is 18.4. The molecular weight excluding hydrogens is 308 g/mol. The zero-order valence-electron chi connectivity index (χ0n) is 14.7. The average molecular weight is 334 g/mol. The van der Waals surface area contributed by atoms with Gasteiger partial charge in [-0.15, -0.1) is 0 Å². The zero-order valence-corrected chi connectivity index (χ0v) is 14.7. The Kier molecular flexibility index (Phi) is 6.31. The van der Waals surface area contributed by atoms with Crippen LogP contribution in [-0.2, 0) is 25.6 Å². The number of ether oxygens (including phenoxy) is 2. The molecule has 0 aliphatic carbocycles. The molecule has 6 nitrogen and oxygen atoms in total. The van der Waals surface area contributed by atoms with Crippen LogP contribution in [0.1, 0.15) is 45.7 Å².